The molecule has 2 aromatic carbocycles. The molecular formula is C28H28F2N6O3. The standard InChI is InChI=1S/C28H28F2N6O3/c1-17-7-8-18(22-14-28(2,39-34-22)27(38)36-11-9-35(3)10-12-36)13-19(17)23-15-32-24(16-31-23)33-26(37)25-20(29)5-4-6-21(25)30/h4-8,13,15-16H,9-12,14H2,1-3H3,(H,32,33,37). The van der Waals surface area contributed by atoms with E-state index in [-0.39, 0.29) is 11.7 Å². The van der Waals surface area contributed by atoms with Gasteiger partial charge in [-0.3, -0.25) is 14.6 Å². The van der Waals surface area contributed by atoms with Crippen molar-refractivity contribution in [3.63, 3.8) is 0 Å². The molecule has 0 saturated carbocycles. The molecule has 0 radical (unpaired) electrons. The van der Waals surface area contributed by atoms with Gasteiger partial charge >= 0.3 is 0 Å². The van der Waals surface area contributed by atoms with Crippen molar-refractivity contribution in [3.05, 3.63) is 77.1 Å². The maximum Gasteiger partial charge on any atom is 0.269 e. The predicted molar refractivity (Wildman–Crippen MR) is 141 cm³/mol. The third-order valence-corrected chi connectivity index (χ3v) is 7.04. The Morgan fingerprint density at radius 2 is 1.74 bits per heavy atom. The zero-order chi connectivity index (χ0) is 27.7. The first-order valence-corrected chi connectivity index (χ1v) is 12.6. The molecule has 202 valence electrons. The minimum absolute atomic E-state index is 0.0481. The number of carbonyl (C=O) groups is 2. The van der Waals surface area contributed by atoms with Crippen molar-refractivity contribution in [1.29, 1.82) is 0 Å². The van der Waals surface area contributed by atoms with E-state index in [4.69, 9.17) is 4.84 Å². The Hall–Kier alpha value is -4.25. The Kier molecular flexibility index (Phi) is 7.09. The fourth-order valence-corrected chi connectivity index (χ4v) is 4.66. The summed E-state index contributed by atoms with van der Waals surface area (Å²) in [7, 11) is 2.03. The molecule has 3 aromatic rings. The van der Waals surface area contributed by atoms with Gasteiger partial charge in [-0.1, -0.05) is 23.4 Å². The number of hydrogen-bond donors (Lipinski definition) is 1. The van der Waals surface area contributed by atoms with E-state index in [9.17, 15) is 18.4 Å². The van der Waals surface area contributed by atoms with Gasteiger partial charge in [0.2, 0.25) is 5.60 Å². The molecule has 0 aliphatic carbocycles. The molecule has 0 spiro atoms. The summed E-state index contributed by atoms with van der Waals surface area (Å²) in [6.07, 6.45) is 3.12. The van der Waals surface area contributed by atoms with Gasteiger partial charge in [0.15, 0.2) is 5.82 Å². The molecule has 0 bridgehead atoms. The highest BCUT2D eigenvalue weighted by molar-refractivity contribution is 6.06. The molecule has 1 N–H and O–H groups in total. The summed E-state index contributed by atoms with van der Waals surface area (Å²) in [5.41, 5.74) is 1.93. The van der Waals surface area contributed by atoms with Crippen LogP contribution in [0.15, 0.2) is 53.9 Å². The molecule has 39 heavy (non-hydrogen) atoms. The molecule has 1 aromatic heterocycles. The third kappa shape index (κ3) is 5.35. The van der Waals surface area contributed by atoms with E-state index in [0.717, 1.165) is 41.9 Å². The number of amides is 2. The van der Waals surface area contributed by atoms with Gasteiger partial charge in [-0.2, -0.15) is 0 Å². The Bertz CT molecular complexity index is 1430. The molecule has 1 atom stereocenters. The summed E-state index contributed by atoms with van der Waals surface area (Å²) in [5.74, 6) is -2.92. The van der Waals surface area contributed by atoms with Crippen LogP contribution in [0.2, 0.25) is 0 Å². The first-order valence-electron chi connectivity index (χ1n) is 12.6. The van der Waals surface area contributed by atoms with Gasteiger partial charge in [0.05, 0.1) is 23.8 Å². The van der Waals surface area contributed by atoms with Crippen LogP contribution < -0.4 is 5.32 Å². The van der Waals surface area contributed by atoms with Gasteiger partial charge in [0.25, 0.3) is 11.8 Å². The van der Waals surface area contributed by atoms with Crippen molar-refractivity contribution in [2.75, 3.05) is 38.5 Å². The van der Waals surface area contributed by atoms with Crippen LogP contribution in [-0.4, -0.2) is 76.1 Å². The highest BCUT2D eigenvalue weighted by atomic mass is 19.1. The van der Waals surface area contributed by atoms with Gasteiger partial charge in [0, 0.05) is 43.7 Å². The highest BCUT2D eigenvalue weighted by Gasteiger charge is 2.45. The number of rotatable bonds is 5. The lowest BCUT2D eigenvalue weighted by molar-refractivity contribution is -0.154. The molecule has 2 aliphatic heterocycles. The van der Waals surface area contributed by atoms with E-state index in [2.05, 4.69) is 25.3 Å². The topological polar surface area (TPSA) is 100 Å². The zero-order valence-electron chi connectivity index (χ0n) is 21.9. The fourth-order valence-electron chi connectivity index (χ4n) is 4.66. The quantitative estimate of drug-likeness (QED) is 0.537. The predicted octanol–water partition coefficient (Wildman–Crippen LogP) is 3.64. The summed E-state index contributed by atoms with van der Waals surface area (Å²) < 4.78 is 27.8. The Morgan fingerprint density at radius 3 is 2.41 bits per heavy atom. The fraction of sp³-hybridized carbons (Fsp3) is 0.321. The summed E-state index contributed by atoms with van der Waals surface area (Å²) in [6, 6.07) is 8.93. The van der Waals surface area contributed by atoms with Gasteiger partial charge in [-0.05, 0) is 44.7 Å². The van der Waals surface area contributed by atoms with Crippen LogP contribution in [0.25, 0.3) is 11.3 Å². The average molecular weight is 535 g/mol. The SMILES string of the molecule is Cc1ccc(C2=NOC(C)(C(=O)N3CCN(C)CC3)C2)cc1-c1cnc(NC(=O)c2c(F)cccc2F)cn1. The largest absolute Gasteiger partial charge is 0.379 e. The smallest absolute Gasteiger partial charge is 0.269 e. The summed E-state index contributed by atoms with van der Waals surface area (Å²) in [6.45, 7) is 6.64. The van der Waals surface area contributed by atoms with Crippen LogP contribution in [0, 0.1) is 18.6 Å². The van der Waals surface area contributed by atoms with Gasteiger partial charge < -0.3 is 20.0 Å². The third-order valence-electron chi connectivity index (χ3n) is 7.04. The van der Waals surface area contributed by atoms with Crippen molar-refractivity contribution in [2.24, 2.45) is 5.16 Å². The van der Waals surface area contributed by atoms with E-state index in [1.165, 1.54) is 18.5 Å². The molecule has 1 fully saturated rings. The molecule has 2 aliphatic rings. The maximum absolute atomic E-state index is 13.9. The van der Waals surface area contributed by atoms with Crippen LogP contribution >= 0.6 is 0 Å². The van der Waals surface area contributed by atoms with Gasteiger partial charge in [-0.15, -0.1) is 0 Å². The van der Waals surface area contributed by atoms with E-state index >= 15 is 0 Å². The Labute approximate surface area is 224 Å². The van der Waals surface area contributed by atoms with Gasteiger partial charge in [0.1, 0.15) is 17.2 Å². The summed E-state index contributed by atoms with van der Waals surface area (Å²) in [5, 5.41) is 6.63. The molecule has 1 unspecified atom stereocenters. The molecule has 5 rings (SSSR count). The molecular weight excluding hydrogens is 506 g/mol. The molecule has 9 nitrogen and oxygen atoms in total. The minimum Gasteiger partial charge on any atom is -0.379 e. The molecule has 2 amide bonds. The lowest BCUT2D eigenvalue weighted by Gasteiger charge is -2.36. The minimum atomic E-state index is -1.06. The summed E-state index contributed by atoms with van der Waals surface area (Å²) in [4.78, 5) is 43.9. The van der Waals surface area contributed by atoms with Crippen LogP contribution in [0.4, 0.5) is 14.6 Å². The van der Waals surface area contributed by atoms with Crippen molar-refractivity contribution in [2.45, 2.75) is 25.9 Å². The van der Waals surface area contributed by atoms with Crippen LogP contribution in [-0.2, 0) is 9.63 Å². The number of oxime groups is 1. The van der Waals surface area contributed by atoms with E-state index in [0.29, 0.717) is 30.9 Å². The monoisotopic (exact) mass is 534 g/mol. The number of nitrogens with zero attached hydrogens (tertiary/aromatic N) is 5. The van der Waals surface area contributed by atoms with E-state index < -0.39 is 28.7 Å². The number of likely N-dealkylation sites (N-methyl/N-ethyl adjacent to an activating group) is 1. The number of halogens is 2. The van der Waals surface area contributed by atoms with E-state index in [1.807, 2.05) is 37.1 Å². The van der Waals surface area contributed by atoms with Gasteiger partial charge in [-0.25, -0.2) is 13.8 Å². The second-order valence-corrected chi connectivity index (χ2v) is 10.00. The Balaban J connectivity index is 1.30. The number of aromatic nitrogens is 2. The van der Waals surface area contributed by atoms with Crippen LogP contribution in [0.5, 0.6) is 0 Å². The molecule has 3 heterocycles. The normalized spacial score (nSPS) is 19.4. The molecule has 11 heteroatoms. The maximum atomic E-state index is 13.9. The first-order chi connectivity index (χ1) is 18.6. The number of piperazine rings is 1. The first kappa shape index (κ1) is 26.4. The average Bonchev–Trinajstić information content (AvgIpc) is 3.32. The van der Waals surface area contributed by atoms with Crippen LogP contribution in [0.1, 0.15) is 34.8 Å². The van der Waals surface area contributed by atoms with Crippen molar-refractivity contribution in [3.8, 4) is 11.3 Å². The number of nitrogens with one attached hydrogen (secondary N) is 1. The lowest BCUT2D eigenvalue weighted by Crippen LogP contribution is -2.54. The number of anilines is 1. The number of carbonyl (C=O) groups excluding carboxylic acids is 2. The number of benzene rings is 2. The Morgan fingerprint density at radius 1 is 1.03 bits per heavy atom. The second kappa shape index (κ2) is 10.5. The molecule has 1 saturated heterocycles. The van der Waals surface area contributed by atoms with Crippen LogP contribution in [0.3, 0.4) is 0 Å². The van der Waals surface area contributed by atoms with Crippen molar-refractivity contribution in [1.82, 2.24) is 19.8 Å². The number of hydrogen-bond acceptors (Lipinski definition) is 7. The summed E-state index contributed by atoms with van der Waals surface area (Å²) >= 11 is 0. The van der Waals surface area contributed by atoms with Crippen molar-refractivity contribution >= 4 is 23.3 Å². The second-order valence-electron chi connectivity index (χ2n) is 10.00. The highest BCUT2D eigenvalue weighted by Crippen LogP contribution is 2.31. The zero-order valence-corrected chi connectivity index (χ0v) is 21.9. The van der Waals surface area contributed by atoms with E-state index in [1.54, 1.807) is 6.92 Å². The van der Waals surface area contributed by atoms with Crippen molar-refractivity contribution < 1.29 is 23.2 Å². The number of aryl methyl sites for hydroxylation is 1. The lowest BCUT2D eigenvalue weighted by atomic mass is 9.92.